The lowest BCUT2D eigenvalue weighted by Crippen LogP contribution is -2.40. The molecular formula is C21H26ClN5O3. The van der Waals surface area contributed by atoms with E-state index < -0.39 is 6.09 Å². The fraction of sp³-hybridized carbons (Fsp3) is 0.524. The molecule has 0 bridgehead atoms. The Morgan fingerprint density at radius 3 is 2.83 bits per heavy atom. The van der Waals surface area contributed by atoms with E-state index in [2.05, 4.69) is 25.4 Å². The second-order valence-corrected chi connectivity index (χ2v) is 8.49. The molecule has 3 N–H and O–H groups in total. The predicted molar refractivity (Wildman–Crippen MR) is 114 cm³/mol. The molecule has 30 heavy (non-hydrogen) atoms. The van der Waals surface area contributed by atoms with Crippen LogP contribution in [0.4, 0.5) is 10.6 Å². The molecule has 0 radical (unpaired) electrons. The lowest BCUT2D eigenvalue weighted by Gasteiger charge is -2.28. The molecule has 3 heterocycles. The van der Waals surface area contributed by atoms with E-state index in [1.54, 1.807) is 12.3 Å². The van der Waals surface area contributed by atoms with E-state index in [1.165, 1.54) is 12.1 Å². The number of nitrogens with zero attached hydrogens (tertiary/aromatic N) is 3. The van der Waals surface area contributed by atoms with Gasteiger partial charge in [0.2, 0.25) is 5.91 Å². The van der Waals surface area contributed by atoms with Crippen molar-refractivity contribution >= 4 is 29.4 Å². The van der Waals surface area contributed by atoms with Crippen molar-refractivity contribution in [3.8, 4) is 11.1 Å². The summed E-state index contributed by atoms with van der Waals surface area (Å²) in [4.78, 5) is 28.0. The van der Waals surface area contributed by atoms with E-state index in [0.29, 0.717) is 17.3 Å². The Morgan fingerprint density at radius 2 is 2.00 bits per heavy atom. The van der Waals surface area contributed by atoms with Crippen LogP contribution in [0.1, 0.15) is 50.6 Å². The summed E-state index contributed by atoms with van der Waals surface area (Å²) < 4.78 is 2.05. The maximum atomic E-state index is 12.8. The largest absolute Gasteiger partial charge is 0.465 e. The molecule has 1 fully saturated rings. The molecule has 2 aliphatic rings. The number of carbonyl (C=O) groups excluding carboxylic acids is 1. The van der Waals surface area contributed by atoms with Crippen LogP contribution < -0.4 is 10.6 Å². The summed E-state index contributed by atoms with van der Waals surface area (Å²) in [6, 6.07) is 1.61. The Bertz CT molecular complexity index is 945. The average Bonchev–Trinajstić information content (AvgIpc) is 2.96. The van der Waals surface area contributed by atoms with Gasteiger partial charge in [-0.2, -0.15) is 5.10 Å². The molecule has 8 nitrogen and oxygen atoms in total. The van der Waals surface area contributed by atoms with E-state index in [1.807, 2.05) is 6.20 Å². The summed E-state index contributed by atoms with van der Waals surface area (Å²) in [5.74, 6) is 0.0618. The summed E-state index contributed by atoms with van der Waals surface area (Å²) in [6.45, 7) is 0.912. The van der Waals surface area contributed by atoms with Gasteiger partial charge in [0.1, 0.15) is 5.82 Å². The monoisotopic (exact) mass is 431 g/mol. The number of anilines is 1. The van der Waals surface area contributed by atoms with Crippen molar-refractivity contribution in [1.29, 1.82) is 0 Å². The number of pyridine rings is 1. The number of fused-ring (bicyclic) bond motifs is 1. The van der Waals surface area contributed by atoms with Crippen molar-refractivity contribution in [1.82, 2.24) is 20.1 Å². The van der Waals surface area contributed by atoms with Crippen LogP contribution in [0.5, 0.6) is 0 Å². The van der Waals surface area contributed by atoms with Crippen molar-refractivity contribution in [3.05, 3.63) is 29.2 Å². The standard InChI is InChI=1S/C21H26ClN5O3/c22-17-12-23-19(26-20(28)13-5-4-6-14(9-13)25-21(29)30)10-15(17)16-11-24-27-8-3-1-2-7-18(16)27/h10-14,25H,1-9H2,(H,29,30)(H,23,26,28)/t13-,14+/m0/s1. The minimum absolute atomic E-state index is 0.138. The summed E-state index contributed by atoms with van der Waals surface area (Å²) in [5.41, 5.74) is 2.98. The Labute approximate surface area is 180 Å². The lowest BCUT2D eigenvalue weighted by molar-refractivity contribution is -0.121. The summed E-state index contributed by atoms with van der Waals surface area (Å²) >= 11 is 6.45. The molecule has 4 rings (SSSR count). The highest BCUT2D eigenvalue weighted by molar-refractivity contribution is 6.33. The van der Waals surface area contributed by atoms with Crippen LogP contribution in [0.3, 0.4) is 0 Å². The normalized spacial score (nSPS) is 21.4. The molecule has 2 atom stereocenters. The minimum atomic E-state index is -1.05. The van der Waals surface area contributed by atoms with Gasteiger partial charge in [-0.15, -0.1) is 0 Å². The number of halogens is 1. The topological polar surface area (TPSA) is 109 Å². The van der Waals surface area contributed by atoms with Crippen molar-refractivity contribution in [2.45, 2.75) is 64.0 Å². The molecule has 0 spiro atoms. The fourth-order valence-corrected chi connectivity index (χ4v) is 4.70. The zero-order chi connectivity index (χ0) is 21.1. The maximum absolute atomic E-state index is 12.8. The van der Waals surface area contributed by atoms with Gasteiger partial charge in [0.05, 0.1) is 11.2 Å². The van der Waals surface area contributed by atoms with Crippen molar-refractivity contribution in [2.24, 2.45) is 5.92 Å². The number of hydrogen-bond donors (Lipinski definition) is 3. The van der Waals surface area contributed by atoms with E-state index in [0.717, 1.165) is 56.2 Å². The lowest BCUT2D eigenvalue weighted by atomic mass is 9.85. The van der Waals surface area contributed by atoms with Gasteiger partial charge in [-0.1, -0.05) is 24.4 Å². The Kier molecular flexibility index (Phi) is 6.22. The van der Waals surface area contributed by atoms with Gasteiger partial charge in [-0.05, 0) is 44.6 Å². The highest BCUT2D eigenvalue weighted by Gasteiger charge is 2.28. The number of aryl methyl sites for hydroxylation is 1. The summed E-state index contributed by atoms with van der Waals surface area (Å²) in [5, 5.41) is 19.4. The molecule has 2 aromatic heterocycles. The Balaban J connectivity index is 1.51. The molecule has 1 aliphatic heterocycles. The third kappa shape index (κ3) is 4.59. The van der Waals surface area contributed by atoms with E-state index in [9.17, 15) is 9.59 Å². The number of aromatic nitrogens is 3. The number of carbonyl (C=O) groups is 2. The summed E-state index contributed by atoms with van der Waals surface area (Å²) in [6.07, 6.45) is 9.54. The maximum Gasteiger partial charge on any atom is 0.404 e. The Hall–Kier alpha value is -2.61. The first-order valence-electron chi connectivity index (χ1n) is 10.5. The first-order chi connectivity index (χ1) is 14.5. The highest BCUT2D eigenvalue weighted by Crippen LogP contribution is 2.34. The number of nitrogens with one attached hydrogen (secondary N) is 2. The molecule has 0 unspecified atom stereocenters. The molecule has 1 saturated carbocycles. The third-order valence-corrected chi connectivity index (χ3v) is 6.30. The van der Waals surface area contributed by atoms with Gasteiger partial charge >= 0.3 is 6.09 Å². The van der Waals surface area contributed by atoms with Crippen LogP contribution in [-0.2, 0) is 17.8 Å². The van der Waals surface area contributed by atoms with Gasteiger partial charge < -0.3 is 15.7 Å². The van der Waals surface area contributed by atoms with Crippen LogP contribution in [0.15, 0.2) is 18.5 Å². The van der Waals surface area contributed by atoms with Crippen LogP contribution in [0.2, 0.25) is 5.02 Å². The molecular weight excluding hydrogens is 406 g/mol. The predicted octanol–water partition coefficient (Wildman–Crippen LogP) is 4.09. The number of hydrogen-bond acceptors (Lipinski definition) is 4. The Morgan fingerprint density at radius 1 is 1.13 bits per heavy atom. The van der Waals surface area contributed by atoms with Gasteiger partial charge in [0.25, 0.3) is 0 Å². The zero-order valence-electron chi connectivity index (χ0n) is 16.7. The van der Waals surface area contributed by atoms with Crippen LogP contribution in [0.25, 0.3) is 11.1 Å². The second kappa shape index (κ2) is 9.04. The molecule has 2 aromatic rings. The molecule has 160 valence electrons. The molecule has 9 heteroatoms. The number of rotatable bonds is 4. The zero-order valence-corrected chi connectivity index (χ0v) is 17.5. The third-order valence-electron chi connectivity index (χ3n) is 6.00. The van der Waals surface area contributed by atoms with E-state index in [-0.39, 0.29) is 17.9 Å². The van der Waals surface area contributed by atoms with Gasteiger partial charge in [-0.25, -0.2) is 9.78 Å². The molecule has 0 aromatic carbocycles. The number of carboxylic acid groups (broad SMARTS) is 1. The molecule has 0 saturated heterocycles. The van der Waals surface area contributed by atoms with Crippen molar-refractivity contribution in [3.63, 3.8) is 0 Å². The van der Waals surface area contributed by atoms with Gasteiger partial charge in [0.15, 0.2) is 0 Å². The first kappa shape index (κ1) is 20.7. The quantitative estimate of drug-likeness (QED) is 0.675. The average molecular weight is 432 g/mol. The van der Waals surface area contributed by atoms with E-state index >= 15 is 0 Å². The molecule has 1 aliphatic carbocycles. The van der Waals surface area contributed by atoms with Gasteiger partial charge in [0, 0.05) is 41.5 Å². The second-order valence-electron chi connectivity index (χ2n) is 8.09. The summed E-state index contributed by atoms with van der Waals surface area (Å²) in [7, 11) is 0. The fourth-order valence-electron chi connectivity index (χ4n) is 4.50. The highest BCUT2D eigenvalue weighted by atomic mass is 35.5. The van der Waals surface area contributed by atoms with Crippen LogP contribution >= 0.6 is 11.6 Å². The smallest absolute Gasteiger partial charge is 0.404 e. The van der Waals surface area contributed by atoms with Crippen molar-refractivity contribution < 1.29 is 14.7 Å². The minimum Gasteiger partial charge on any atom is -0.465 e. The van der Waals surface area contributed by atoms with Gasteiger partial charge in [-0.3, -0.25) is 9.48 Å². The van der Waals surface area contributed by atoms with Crippen molar-refractivity contribution in [2.75, 3.05) is 5.32 Å². The van der Waals surface area contributed by atoms with Crippen LogP contribution in [0, 0.1) is 5.92 Å². The molecule has 2 amide bonds. The van der Waals surface area contributed by atoms with E-state index in [4.69, 9.17) is 16.7 Å². The number of amides is 2. The SMILES string of the molecule is O=C(O)N[C@@H]1CCC[C@H](C(=O)Nc2cc(-c3cnn4c3CCCCC4)c(Cl)cn2)C1. The van der Waals surface area contributed by atoms with Crippen LogP contribution in [-0.4, -0.2) is 37.9 Å². The first-order valence-corrected chi connectivity index (χ1v) is 10.9.